The van der Waals surface area contributed by atoms with E-state index in [0.29, 0.717) is 34.2 Å². The minimum Gasteiger partial charge on any atom is -0.493 e. The van der Waals surface area contributed by atoms with Crippen LogP contribution in [0.2, 0.25) is 10.0 Å². The molecule has 2 aromatic rings. The first-order valence-electron chi connectivity index (χ1n) is 9.73. The SMILES string of the molecule is COc1cc(CNC2CCCCCC2)cc(Br)c1OCc1ccc(Cl)cc1Cl. The van der Waals surface area contributed by atoms with Crippen LogP contribution in [0.1, 0.15) is 49.7 Å². The van der Waals surface area contributed by atoms with Gasteiger partial charge in [-0.3, -0.25) is 0 Å². The molecule has 1 fully saturated rings. The summed E-state index contributed by atoms with van der Waals surface area (Å²) in [4.78, 5) is 0. The Morgan fingerprint density at radius 1 is 1.07 bits per heavy atom. The topological polar surface area (TPSA) is 30.5 Å². The summed E-state index contributed by atoms with van der Waals surface area (Å²) in [5, 5.41) is 4.90. The molecule has 28 heavy (non-hydrogen) atoms. The van der Waals surface area contributed by atoms with Crippen molar-refractivity contribution in [2.24, 2.45) is 0 Å². The van der Waals surface area contributed by atoms with Crippen LogP contribution in [0.3, 0.4) is 0 Å². The summed E-state index contributed by atoms with van der Waals surface area (Å²) in [6, 6.07) is 10.1. The molecule has 1 aliphatic rings. The van der Waals surface area contributed by atoms with Crippen LogP contribution in [0.15, 0.2) is 34.8 Å². The van der Waals surface area contributed by atoms with Gasteiger partial charge in [-0.1, -0.05) is 55.0 Å². The zero-order valence-corrected chi connectivity index (χ0v) is 19.2. The minimum absolute atomic E-state index is 0.338. The van der Waals surface area contributed by atoms with Crippen molar-refractivity contribution in [2.75, 3.05) is 7.11 Å². The van der Waals surface area contributed by atoms with Crippen LogP contribution in [-0.2, 0) is 13.2 Å². The molecule has 0 saturated heterocycles. The number of benzene rings is 2. The Kier molecular flexibility index (Phi) is 8.34. The maximum absolute atomic E-state index is 6.25. The Bertz CT molecular complexity index is 792. The summed E-state index contributed by atoms with van der Waals surface area (Å²) < 4.78 is 12.5. The summed E-state index contributed by atoms with van der Waals surface area (Å²) in [6.45, 7) is 1.16. The predicted molar refractivity (Wildman–Crippen MR) is 120 cm³/mol. The van der Waals surface area contributed by atoms with E-state index >= 15 is 0 Å². The molecular formula is C22H26BrCl2NO2. The van der Waals surface area contributed by atoms with Gasteiger partial charge in [0.1, 0.15) is 6.61 Å². The monoisotopic (exact) mass is 485 g/mol. The van der Waals surface area contributed by atoms with Gasteiger partial charge in [0.2, 0.25) is 0 Å². The Morgan fingerprint density at radius 2 is 1.82 bits per heavy atom. The van der Waals surface area contributed by atoms with Gasteiger partial charge in [-0.15, -0.1) is 0 Å². The number of hydrogen-bond donors (Lipinski definition) is 1. The number of nitrogens with one attached hydrogen (secondary N) is 1. The van der Waals surface area contributed by atoms with Gasteiger partial charge in [0.05, 0.1) is 11.6 Å². The number of rotatable bonds is 7. The van der Waals surface area contributed by atoms with Crippen LogP contribution >= 0.6 is 39.1 Å². The Morgan fingerprint density at radius 3 is 2.50 bits per heavy atom. The average molecular weight is 487 g/mol. The molecule has 0 amide bonds. The lowest BCUT2D eigenvalue weighted by molar-refractivity contribution is 0.282. The van der Waals surface area contributed by atoms with Gasteiger partial charge in [0.25, 0.3) is 0 Å². The third-order valence-corrected chi connectivity index (χ3v) is 6.30. The van der Waals surface area contributed by atoms with Crippen LogP contribution in [0.25, 0.3) is 0 Å². The molecule has 0 heterocycles. The molecule has 1 aliphatic carbocycles. The fraction of sp³-hybridized carbons (Fsp3) is 0.455. The number of methoxy groups -OCH3 is 1. The Balaban J connectivity index is 1.66. The van der Waals surface area contributed by atoms with Crippen molar-refractivity contribution in [1.29, 1.82) is 0 Å². The first-order valence-corrected chi connectivity index (χ1v) is 11.3. The second kappa shape index (κ2) is 10.7. The summed E-state index contributed by atoms with van der Waals surface area (Å²) in [6.07, 6.45) is 7.90. The van der Waals surface area contributed by atoms with Crippen LogP contribution < -0.4 is 14.8 Å². The third-order valence-electron chi connectivity index (χ3n) is 5.13. The van der Waals surface area contributed by atoms with Crippen molar-refractivity contribution in [3.8, 4) is 11.5 Å². The molecule has 0 spiro atoms. The highest BCUT2D eigenvalue weighted by atomic mass is 79.9. The van der Waals surface area contributed by atoms with Crippen molar-refractivity contribution < 1.29 is 9.47 Å². The predicted octanol–water partition coefficient (Wildman–Crippen LogP) is 7.16. The smallest absolute Gasteiger partial charge is 0.175 e. The van der Waals surface area contributed by atoms with Crippen LogP contribution in [-0.4, -0.2) is 13.2 Å². The molecule has 1 saturated carbocycles. The van der Waals surface area contributed by atoms with Crippen molar-refractivity contribution in [3.05, 3.63) is 56.0 Å². The van der Waals surface area contributed by atoms with E-state index in [-0.39, 0.29) is 0 Å². The maximum atomic E-state index is 6.25. The standard InChI is InChI=1S/C22H26BrCl2NO2/c1-27-21-11-15(13-26-18-6-4-2-3-5-7-18)10-19(23)22(21)28-14-16-8-9-17(24)12-20(16)25/h8-12,18,26H,2-7,13-14H2,1H3. The van der Waals surface area contributed by atoms with Gasteiger partial charge < -0.3 is 14.8 Å². The maximum Gasteiger partial charge on any atom is 0.175 e. The Hall–Kier alpha value is -0.940. The van der Waals surface area contributed by atoms with Gasteiger partial charge >= 0.3 is 0 Å². The lowest BCUT2D eigenvalue weighted by Gasteiger charge is -2.18. The molecule has 0 unspecified atom stereocenters. The third kappa shape index (κ3) is 6.03. The summed E-state index contributed by atoms with van der Waals surface area (Å²) in [7, 11) is 1.66. The van der Waals surface area contributed by atoms with Gasteiger partial charge in [0, 0.05) is 28.2 Å². The van der Waals surface area contributed by atoms with Gasteiger partial charge in [0.15, 0.2) is 11.5 Å². The van der Waals surface area contributed by atoms with Crippen molar-refractivity contribution in [2.45, 2.75) is 57.7 Å². The van der Waals surface area contributed by atoms with E-state index in [2.05, 4.69) is 27.3 Å². The van der Waals surface area contributed by atoms with Gasteiger partial charge in [-0.05, 0) is 58.6 Å². The van der Waals surface area contributed by atoms with Crippen molar-refractivity contribution in [3.63, 3.8) is 0 Å². The molecule has 3 nitrogen and oxygen atoms in total. The van der Waals surface area contributed by atoms with E-state index in [0.717, 1.165) is 16.6 Å². The summed E-state index contributed by atoms with van der Waals surface area (Å²) >= 11 is 15.8. The first kappa shape index (κ1) is 21.8. The van der Waals surface area contributed by atoms with Crippen molar-refractivity contribution in [1.82, 2.24) is 5.32 Å². The van der Waals surface area contributed by atoms with E-state index in [1.165, 1.54) is 44.1 Å². The van der Waals surface area contributed by atoms with E-state index in [1.807, 2.05) is 12.1 Å². The molecule has 6 heteroatoms. The molecule has 0 aromatic heterocycles. The molecule has 0 atom stereocenters. The van der Waals surface area contributed by atoms with Gasteiger partial charge in [-0.25, -0.2) is 0 Å². The minimum atomic E-state index is 0.338. The highest BCUT2D eigenvalue weighted by molar-refractivity contribution is 9.10. The molecule has 3 rings (SSSR count). The number of ether oxygens (including phenoxy) is 2. The van der Waals surface area contributed by atoms with E-state index in [9.17, 15) is 0 Å². The largest absolute Gasteiger partial charge is 0.493 e. The summed E-state index contributed by atoms with van der Waals surface area (Å²) in [5.41, 5.74) is 2.05. The normalized spacial score (nSPS) is 15.3. The first-order chi connectivity index (χ1) is 13.6. The fourth-order valence-electron chi connectivity index (χ4n) is 3.55. The fourth-order valence-corrected chi connectivity index (χ4v) is 4.62. The van der Waals surface area contributed by atoms with E-state index in [4.69, 9.17) is 32.7 Å². The van der Waals surface area contributed by atoms with Crippen LogP contribution in [0, 0.1) is 0 Å². The molecule has 1 N–H and O–H groups in total. The quantitative estimate of drug-likeness (QED) is 0.421. The summed E-state index contributed by atoms with van der Waals surface area (Å²) in [5.74, 6) is 1.38. The van der Waals surface area contributed by atoms with E-state index in [1.54, 1.807) is 19.2 Å². The zero-order valence-electron chi connectivity index (χ0n) is 16.1. The van der Waals surface area contributed by atoms with Crippen LogP contribution in [0.4, 0.5) is 0 Å². The molecule has 152 valence electrons. The van der Waals surface area contributed by atoms with Crippen LogP contribution in [0.5, 0.6) is 11.5 Å². The average Bonchev–Trinajstić information content (AvgIpc) is 2.95. The second-order valence-electron chi connectivity index (χ2n) is 7.20. The van der Waals surface area contributed by atoms with Gasteiger partial charge in [-0.2, -0.15) is 0 Å². The second-order valence-corrected chi connectivity index (χ2v) is 8.90. The molecular weight excluding hydrogens is 461 g/mol. The van der Waals surface area contributed by atoms with E-state index < -0.39 is 0 Å². The Labute approximate surface area is 185 Å². The number of halogens is 3. The highest BCUT2D eigenvalue weighted by Gasteiger charge is 2.15. The molecule has 2 aromatic carbocycles. The zero-order chi connectivity index (χ0) is 19.9. The molecule has 0 bridgehead atoms. The lowest BCUT2D eigenvalue weighted by atomic mass is 10.1. The highest BCUT2D eigenvalue weighted by Crippen LogP contribution is 2.37. The number of hydrogen-bond acceptors (Lipinski definition) is 3. The molecule has 0 aliphatic heterocycles. The molecule has 0 radical (unpaired) electrons. The lowest BCUT2D eigenvalue weighted by Crippen LogP contribution is -2.27. The van der Waals surface area contributed by atoms with Crippen molar-refractivity contribution >= 4 is 39.1 Å².